The van der Waals surface area contributed by atoms with E-state index in [-0.39, 0.29) is 0 Å². The zero-order valence-corrected chi connectivity index (χ0v) is 13.8. The van der Waals surface area contributed by atoms with Gasteiger partial charge in [-0.3, -0.25) is 0 Å². The van der Waals surface area contributed by atoms with Crippen LogP contribution in [0.15, 0.2) is 67.8 Å². The van der Waals surface area contributed by atoms with Crippen molar-refractivity contribution in [2.24, 2.45) is 0 Å². The highest BCUT2D eigenvalue weighted by Gasteiger charge is 2.11. The number of hydrogen-bond donors (Lipinski definition) is 0. The Balaban J connectivity index is 2.27. The maximum Gasteiger partial charge on any atom is 0.126 e. The van der Waals surface area contributed by atoms with E-state index >= 15 is 0 Å². The van der Waals surface area contributed by atoms with Gasteiger partial charge in [-0.2, -0.15) is 0 Å². The van der Waals surface area contributed by atoms with Gasteiger partial charge >= 0.3 is 0 Å². The van der Waals surface area contributed by atoms with Crippen molar-refractivity contribution >= 4 is 0 Å². The van der Waals surface area contributed by atoms with Crippen LogP contribution in [0.25, 0.3) is 0 Å². The Morgan fingerprint density at radius 2 is 1.52 bits per heavy atom. The first kappa shape index (κ1) is 16.9. The molecule has 0 heterocycles. The quantitative estimate of drug-likeness (QED) is 0.598. The topological polar surface area (TPSA) is 18.5 Å². The van der Waals surface area contributed by atoms with E-state index in [0.29, 0.717) is 13.2 Å². The van der Waals surface area contributed by atoms with Gasteiger partial charge in [0.15, 0.2) is 0 Å². The van der Waals surface area contributed by atoms with Crippen LogP contribution in [0.2, 0.25) is 0 Å². The molecule has 0 saturated carbocycles. The monoisotopic (exact) mass is 308 g/mol. The molecule has 0 spiro atoms. The molecule has 2 heteroatoms. The summed E-state index contributed by atoms with van der Waals surface area (Å²) in [5.41, 5.74) is 3.35. The minimum absolute atomic E-state index is 0.551. The van der Waals surface area contributed by atoms with Gasteiger partial charge in [0.2, 0.25) is 0 Å². The van der Waals surface area contributed by atoms with Gasteiger partial charge in [0.1, 0.15) is 18.1 Å². The summed E-state index contributed by atoms with van der Waals surface area (Å²) in [5.74, 6) is 1.78. The molecule has 0 radical (unpaired) electrons. The van der Waals surface area contributed by atoms with E-state index < -0.39 is 0 Å². The van der Waals surface area contributed by atoms with Crippen molar-refractivity contribution in [1.29, 1.82) is 0 Å². The maximum atomic E-state index is 5.98. The van der Waals surface area contributed by atoms with E-state index in [9.17, 15) is 0 Å². The Labute approximate surface area is 139 Å². The first-order valence-electron chi connectivity index (χ1n) is 7.95. The third-order valence-electron chi connectivity index (χ3n) is 3.48. The number of ether oxygens (including phenoxy) is 2. The number of benzene rings is 2. The predicted octanol–water partition coefficient (Wildman–Crippen LogP) is 5.12. The number of rotatable bonds is 9. The Morgan fingerprint density at radius 1 is 0.913 bits per heavy atom. The summed E-state index contributed by atoms with van der Waals surface area (Å²) in [7, 11) is 0. The molecule has 0 fully saturated rings. The SMILES string of the molecule is C=CCc1cc(OCc2ccccc2)cc(CC=C)c1OCC. The van der Waals surface area contributed by atoms with Crippen LogP contribution in [0.5, 0.6) is 11.5 Å². The third kappa shape index (κ3) is 4.75. The van der Waals surface area contributed by atoms with E-state index in [2.05, 4.69) is 25.3 Å². The Morgan fingerprint density at radius 3 is 2.04 bits per heavy atom. The average Bonchev–Trinajstić information content (AvgIpc) is 2.57. The van der Waals surface area contributed by atoms with Gasteiger partial charge in [-0.05, 0) is 37.5 Å². The van der Waals surface area contributed by atoms with Gasteiger partial charge in [0, 0.05) is 11.1 Å². The lowest BCUT2D eigenvalue weighted by molar-refractivity contribution is 0.302. The molecule has 2 rings (SSSR count). The van der Waals surface area contributed by atoms with E-state index in [4.69, 9.17) is 9.47 Å². The second kappa shape index (κ2) is 8.84. The van der Waals surface area contributed by atoms with Gasteiger partial charge in [0.05, 0.1) is 6.61 Å². The van der Waals surface area contributed by atoms with Crippen molar-refractivity contribution in [3.8, 4) is 11.5 Å². The highest BCUT2D eigenvalue weighted by Crippen LogP contribution is 2.31. The van der Waals surface area contributed by atoms with Crippen molar-refractivity contribution in [3.63, 3.8) is 0 Å². The zero-order chi connectivity index (χ0) is 16.5. The van der Waals surface area contributed by atoms with E-state index in [1.807, 2.05) is 49.4 Å². The lowest BCUT2D eigenvalue weighted by Crippen LogP contribution is -2.03. The van der Waals surface area contributed by atoms with Gasteiger partial charge in [-0.25, -0.2) is 0 Å². The summed E-state index contributed by atoms with van der Waals surface area (Å²) in [6.07, 6.45) is 5.27. The van der Waals surface area contributed by atoms with Crippen molar-refractivity contribution in [1.82, 2.24) is 0 Å². The number of hydrogen-bond acceptors (Lipinski definition) is 2. The smallest absolute Gasteiger partial charge is 0.126 e. The summed E-state index contributed by atoms with van der Waals surface area (Å²) in [6.45, 7) is 10.9. The normalized spacial score (nSPS) is 10.1. The highest BCUT2D eigenvalue weighted by molar-refractivity contribution is 5.49. The van der Waals surface area contributed by atoms with Gasteiger partial charge in [-0.1, -0.05) is 42.5 Å². The fraction of sp³-hybridized carbons (Fsp3) is 0.238. The molecular weight excluding hydrogens is 284 g/mol. The Bertz CT molecular complexity index is 613. The molecule has 0 aliphatic rings. The first-order valence-corrected chi connectivity index (χ1v) is 7.95. The van der Waals surface area contributed by atoms with Crippen LogP contribution in [-0.2, 0) is 19.4 Å². The van der Waals surface area contributed by atoms with Crippen LogP contribution in [0.3, 0.4) is 0 Å². The number of allylic oxidation sites excluding steroid dienone is 2. The molecule has 0 saturated heterocycles. The molecule has 2 aromatic carbocycles. The van der Waals surface area contributed by atoms with Crippen LogP contribution in [0, 0.1) is 0 Å². The molecule has 0 aromatic heterocycles. The average molecular weight is 308 g/mol. The van der Waals surface area contributed by atoms with Crippen molar-refractivity contribution < 1.29 is 9.47 Å². The lowest BCUT2D eigenvalue weighted by Gasteiger charge is -2.16. The fourth-order valence-electron chi connectivity index (χ4n) is 2.49. The molecule has 0 aliphatic heterocycles. The van der Waals surface area contributed by atoms with E-state index in [0.717, 1.165) is 41.0 Å². The molecule has 0 amide bonds. The highest BCUT2D eigenvalue weighted by atomic mass is 16.5. The van der Waals surface area contributed by atoms with Gasteiger partial charge in [-0.15, -0.1) is 13.2 Å². The largest absolute Gasteiger partial charge is 0.493 e. The van der Waals surface area contributed by atoms with Crippen molar-refractivity contribution in [2.75, 3.05) is 6.61 Å². The Kier molecular flexibility index (Phi) is 6.49. The van der Waals surface area contributed by atoms with Crippen LogP contribution in [0.4, 0.5) is 0 Å². The summed E-state index contributed by atoms with van der Waals surface area (Å²) >= 11 is 0. The predicted molar refractivity (Wildman–Crippen MR) is 96.2 cm³/mol. The fourth-order valence-corrected chi connectivity index (χ4v) is 2.49. The minimum Gasteiger partial charge on any atom is -0.493 e. The van der Waals surface area contributed by atoms with E-state index in [1.54, 1.807) is 0 Å². The molecule has 23 heavy (non-hydrogen) atoms. The molecule has 0 unspecified atom stereocenters. The van der Waals surface area contributed by atoms with Gasteiger partial charge < -0.3 is 9.47 Å². The van der Waals surface area contributed by atoms with Crippen LogP contribution < -0.4 is 9.47 Å². The summed E-state index contributed by atoms with van der Waals surface area (Å²) < 4.78 is 11.8. The van der Waals surface area contributed by atoms with Gasteiger partial charge in [0.25, 0.3) is 0 Å². The zero-order valence-electron chi connectivity index (χ0n) is 13.8. The molecule has 2 aromatic rings. The summed E-state index contributed by atoms with van der Waals surface area (Å²) in [5, 5.41) is 0. The van der Waals surface area contributed by atoms with E-state index in [1.165, 1.54) is 0 Å². The summed E-state index contributed by atoms with van der Waals surface area (Å²) in [4.78, 5) is 0. The second-order valence-corrected chi connectivity index (χ2v) is 5.26. The lowest BCUT2D eigenvalue weighted by atomic mass is 10.0. The molecule has 0 atom stereocenters. The van der Waals surface area contributed by atoms with Crippen LogP contribution in [0.1, 0.15) is 23.6 Å². The molecule has 2 nitrogen and oxygen atoms in total. The molecule has 120 valence electrons. The minimum atomic E-state index is 0.551. The molecule has 0 bridgehead atoms. The Hall–Kier alpha value is -2.48. The molecule has 0 aliphatic carbocycles. The third-order valence-corrected chi connectivity index (χ3v) is 3.48. The first-order chi connectivity index (χ1) is 11.3. The maximum absolute atomic E-state index is 5.98. The summed E-state index contributed by atoms with van der Waals surface area (Å²) in [6, 6.07) is 14.2. The van der Waals surface area contributed by atoms with Crippen molar-refractivity contribution in [3.05, 3.63) is 84.5 Å². The standard InChI is InChI=1S/C21H24O2/c1-4-10-18-14-20(23-16-17-12-8-7-9-13-17)15-19(11-5-2)21(18)22-6-3/h4-5,7-9,12-15H,1-2,6,10-11,16H2,3H3. The second-order valence-electron chi connectivity index (χ2n) is 5.26. The van der Waals surface area contributed by atoms with Crippen molar-refractivity contribution in [2.45, 2.75) is 26.4 Å². The van der Waals surface area contributed by atoms with Crippen LogP contribution in [-0.4, -0.2) is 6.61 Å². The molecular formula is C21H24O2. The van der Waals surface area contributed by atoms with Crippen LogP contribution >= 0.6 is 0 Å². The molecule has 0 N–H and O–H groups in total.